The molecule has 0 fully saturated rings. The van der Waals surface area contributed by atoms with E-state index in [-0.39, 0.29) is 11.1 Å². The number of anilines is 1. The molecule has 5 aromatic rings. The summed E-state index contributed by atoms with van der Waals surface area (Å²) in [5.41, 5.74) is 1.02. The highest BCUT2D eigenvalue weighted by atomic mass is 35.5. The first-order chi connectivity index (χ1) is 18.6. The molecule has 0 aromatic heterocycles. The van der Waals surface area contributed by atoms with E-state index < -0.39 is 12.8 Å². The van der Waals surface area contributed by atoms with Gasteiger partial charge >= 0.3 is 0 Å². The van der Waals surface area contributed by atoms with Gasteiger partial charge in [0, 0.05) is 16.3 Å². The number of carbonyl (C=O) groups excluding carboxylic acids is 2. The van der Waals surface area contributed by atoms with Crippen molar-refractivity contribution in [2.24, 2.45) is 0 Å². The molecule has 0 heterocycles. The highest BCUT2D eigenvalue weighted by Crippen LogP contribution is 2.47. The summed E-state index contributed by atoms with van der Waals surface area (Å²) in [7, 11) is 0. The fraction of sp³-hybridized carbons (Fsp3) is 0. The number of hydrogen-bond acceptors (Lipinski definition) is 2. The third-order valence-electron chi connectivity index (χ3n) is 6.33. The molecule has 0 bridgehead atoms. The molecular weight excluding hydrogens is 509 g/mol. The number of benzene rings is 5. The first-order valence-corrected chi connectivity index (χ1v) is 14.4. The fourth-order valence-electron chi connectivity index (χ4n) is 4.65. The van der Waals surface area contributed by atoms with Crippen LogP contribution in [0.15, 0.2) is 146 Å². The number of ketones is 1. The van der Waals surface area contributed by atoms with Crippen LogP contribution in [0.1, 0.15) is 10.4 Å². The van der Waals surface area contributed by atoms with Crippen LogP contribution in [0.25, 0.3) is 0 Å². The topological polar surface area (TPSA) is 46.2 Å². The number of para-hydroxylation sites is 1. The van der Waals surface area contributed by atoms with E-state index in [2.05, 4.69) is 5.32 Å². The molecule has 0 saturated carbocycles. The van der Waals surface area contributed by atoms with Crippen LogP contribution in [0.2, 0.25) is 5.02 Å². The Kier molecular flexibility index (Phi) is 7.70. The monoisotopic (exact) mass is 533 g/mol. The molecule has 0 atom stereocenters. The van der Waals surface area contributed by atoms with Gasteiger partial charge in [-0.3, -0.25) is 9.59 Å². The number of nitrogens with one attached hydrogen (secondary N) is 1. The fourth-order valence-corrected chi connectivity index (χ4v) is 9.09. The molecule has 5 heteroatoms. The summed E-state index contributed by atoms with van der Waals surface area (Å²) < 4.78 is 0. The normalized spacial score (nSPS) is 11.0. The van der Waals surface area contributed by atoms with Gasteiger partial charge in [-0.2, -0.15) is 0 Å². The van der Waals surface area contributed by atoms with E-state index in [1.165, 1.54) is 0 Å². The Labute approximate surface area is 227 Å². The van der Waals surface area contributed by atoms with Crippen LogP contribution >= 0.6 is 18.5 Å². The number of Topliss-reactive ketones (excluding diaryl/α,β-unsaturated/α-hetero) is 1. The third kappa shape index (κ3) is 4.99. The lowest BCUT2D eigenvalue weighted by atomic mass is 10.1. The standard InChI is InChI=1S/C33H25ClNO2P/c34-26-23-21-25(22-24-26)31(36)32(33(37)35-27-13-5-1-6-14-27)38(28-15-7-2-8-16-28,29-17-9-3-10-18-29)30-19-11-4-12-20-30/h1-24H,(H,35,37). The molecule has 5 aromatic carbocycles. The van der Waals surface area contributed by atoms with Gasteiger partial charge in [0.05, 0.1) is 5.29 Å². The van der Waals surface area contributed by atoms with Gasteiger partial charge in [0.2, 0.25) is 0 Å². The Morgan fingerprint density at radius 3 is 1.34 bits per heavy atom. The maximum Gasteiger partial charge on any atom is 0.260 e. The van der Waals surface area contributed by atoms with Gasteiger partial charge in [-0.15, -0.1) is 0 Å². The van der Waals surface area contributed by atoms with Crippen molar-refractivity contribution in [3.05, 3.63) is 156 Å². The molecular formula is C33H25ClNO2P. The quantitative estimate of drug-likeness (QED) is 0.151. The van der Waals surface area contributed by atoms with E-state index in [1.807, 2.05) is 121 Å². The Bertz CT molecular complexity index is 1500. The van der Waals surface area contributed by atoms with Gasteiger partial charge in [-0.1, -0.05) is 121 Å². The van der Waals surface area contributed by atoms with Gasteiger partial charge in [-0.25, -0.2) is 0 Å². The van der Waals surface area contributed by atoms with E-state index in [0.717, 1.165) is 15.9 Å². The second-order valence-electron chi connectivity index (χ2n) is 8.68. The first kappa shape index (κ1) is 25.5. The smallest absolute Gasteiger partial charge is 0.260 e. The summed E-state index contributed by atoms with van der Waals surface area (Å²) in [5, 5.41) is 6.49. The summed E-state index contributed by atoms with van der Waals surface area (Å²) in [6, 6.07) is 45.6. The first-order valence-electron chi connectivity index (χ1n) is 12.2. The Morgan fingerprint density at radius 1 is 0.526 bits per heavy atom. The minimum absolute atomic E-state index is 0.201. The van der Waals surface area contributed by atoms with Crippen LogP contribution in [0, 0.1) is 0 Å². The summed E-state index contributed by atoms with van der Waals surface area (Å²) in [6.07, 6.45) is 0. The van der Waals surface area contributed by atoms with Crippen molar-refractivity contribution in [2.45, 2.75) is 0 Å². The summed E-state index contributed by atoms with van der Waals surface area (Å²) in [4.78, 5) is 28.9. The molecule has 38 heavy (non-hydrogen) atoms. The molecule has 0 unspecified atom stereocenters. The van der Waals surface area contributed by atoms with E-state index in [4.69, 9.17) is 11.6 Å². The lowest BCUT2D eigenvalue weighted by Gasteiger charge is -2.32. The van der Waals surface area contributed by atoms with Crippen molar-refractivity contribution in [2.75, 3.05) is 5.32 Å². The molecule has 0 aliphatic carbocycles. The molecule has 1 N–H and O–H groups in total. The summed E-state index contributed by atoms with van der Waals surface area (Å²) in [5.74, 6) is -0.763. The third-order valence-corrected chi connectivity index (χ3v) is 10.9. The summed E-state index contributed by atoms with van der Waals surface area (Å²) >= 11 is 6.15. The number of halogens is 1. The van der Waals surface area contributed by atoms with E-state index >= 15 is 0 Å². The predicted octanol–water partition coefficient (Wildman–Crippen LogP) is 6.33. The van der Waals surface area contributed by atoms with E-state index in [9.17, 15) is 9.59 Å². The van der Waals surface area contributed by atoms with Crippen molar-refractivity contribution >= 4 is 57.1 Å². The molecule has 0 saturated heterocycles. The second kappa shape index (κ2) is 11.5. The molecule has 0 radical (unpaired) electrons. The van der Waals surface area contributed by atoms with Gasteiger partial charge in [0.1, 0.15) is 0 Å². The minimum atomic E-state index is -2.97. The van der Waals surface area contributed by atoms with Crippen LogP contribution in [0.5, 0.6) is 0 Å². The van der Waals surface area contributed by atoms with Crippen molar-refractivity contribution in [1.29, 1.82) is 0 Å². The van der Waals surface area contributed by atoms with Crippen molar-refractivity contribution in [1.82, 2.24) is 0 Å². The average Bonchev–Trinajstić information content (AvgIpc) is 2.98. The number of rotatable bonds is 7. The van der Waals surface area contributed by atoms with Crippen LogP contribution < -0.4 is 21.2 Å². The maximum atomic E-state index is 14.5. The van der Waals surface area contributed by atoms with Crippen LogP contribution in [0.3, 0.4) is 0 Å². The molecule has 186 valence electrons. The van der Waals surface area contributed by atoms with Gasteiger partial charge in [0.15, 0.2) is 5.78 Å². The number of amides is 1. The van der Waals surface area contributed by atoms with Gasteiger partial charge in [0.25, 0.3) is 5.91 Å². The van der Waals surface area contributed by atoms with Crippen LogP contribution in [-0.2, 0) is 4.79 Å². The van der Waals surface area contributed by atoms with Gasteiger partial charge < -0.3 is 5.32 Å². The zero-order valence-electron chi connectivity index (χ0n) is 20.5. The lowest BCUT2D eigenvalue weighted by molar-refractivity contribution is -0.110. The lowest BCUT2D eigenvalue weighted by Crippen LogP contribution is -2.40. The molecule has 5 rings (SSSR count). The van der Waals surface area contributed by atoms with Crippen LogP contribution in [0.4, 0.5) is 5.69 Å². The zero-order chi connectivity index (χ0) is 26.4. The zero-order valence-corrected chi connectivity index (χ0v) is 22.1. The number of hydrogen-bond donors (Lipinski definition) is 1. The molecule has 0 aliphatic rings. The van der Waals surface area contributed by atoms with Crippen molar-refractivity contribution in [3.8, 4) is 0 Å². The minimum Gasteiger partial charge on any atom is -0.322 e. The Morgan fingerprint density at radius 2 is 0.921 bits per heavy atom. The van der Waals surface area contributed by atoms with Gasteiger partial charge in [-0.05, 0) is 59.2 Å². The predicted molar refractivity (Wildman–Crippen MR) is 161 cm³/mol. The Hall–Kier alpha value is -4.17. The van der Waals surface area contributed by atoms with Crippen molar-refractivity contribution in [3.63, 3.8) is 0 Å². The maximum absolute atomic E-state index is 14.5. The summed E-state index contributed by atoms with van der Waals surface area (Å²) in [6.45, 7) is -2.97. The largest absolute Gasteiger partial charge is 0.322 e. The highest BCUT2D eigenvalue weighted by molar-refractivity contribution is 7.97. The Balaban J connectivity index is 1.95. The highest BCUT2D eigenvalue weighted by Gasteiger charge is 2.37. The molecule has 1 amide bonds. The molecule has 0 spiro atoms. The van der Waals surface area contributed by atoms with Crippen LogP contribution in [-0.4, -0.2) is 17.0 Å². The van der Waals surface area contributed by atoms with E-state index in [1.54, 1.807) is 24.3 Å². The van der Waals surface area contributed by atoms with Crippen molar-refractivity contribution < 1.29 is 9.59 Å². The average molecular weight is 534 g/mol. The second-order valence-corrected chi connectivity index (χ2v) is 12.5. The molecule has 0 aliphatic heterocycles. The SMILES string of the molecule is O=C(Nc1ccccc1)C(C(=O)c1ccc(Cl)cc1)=P(c1ccccc1)(c1ccccc1)c1ccccc1. The molecule has 3 nitrogen and oxygen atoms in total. The van der Waals surface area contributed by atoms with E-state index in [0.29, 0.717) is 16.3 Å². The number of carbonyl (C=O) groups is 2.